The molecule has 9 aromatic rings. The fraction of sp³-hybridized carbons (Fsp3) is 0.0185. The molecule has 0 saturated heterocycles. The maximum Gasteiger partial charge on any atom is 0.195 e. The van der Waals surface area contributed by atoms with Crippen LogP contribution in [0.2, 0.25) is 0 Å². The van der Waals surface area contributed by atoms with Gasteiger partial charge >= 0.3 is 0 Å². The zero-order chi connectivity index (χ0) is 38.2. The van der Waals surface area contributed by atoms with E-state index in [4.69, 9.17) is 16.5 Å². The highest BCUT2D eigenvalue weighted by Crippen LogP contribution is 2.59. The predicted molar refractivity (Wildman–Crippen MR) is 233 cm³/mol. The molecule has 266 valence electrons. The maximum atomic E-state index is 8.22. The fourth-order valence-corrected chi connectivity index (χ4v) is 8.55. The summed E-state index contributed by atoms with van der Waals surface area (Å²) in [5.74, 6) is 0.688. The van der Waals surface area contributed by atoms with E-state index < -0.39 is 5.41 Å². The zero-order valence-electron chi connectivity index (χ0n) is 31.0. The molecule has 1 heterocycles. The van der Waals surface area contributed by atoms with Gasteiger partial charge in [0.1, 0.15) is 0 Å². The first-order chi connectivity index (χ1) is 28.2. The van der Waals surface area contributed by atoms with Crippen molar-refractivity contribution in [1.29, 1.82) is 0 Å². The first-order valence-electron chi connectivity index (χ1n) is 19.2. The van der Waals surface area contributed by atoms with Crippen LogP contribution in [0.1, 0.15) is 22.3 Å². The zero-order valence-corrected chi connectivity index (χ0v) is 31.0. The molecule has 8 aromatic carbocycles. The smallest absolute Gasteiger partial charge is 0.195 e. The quantitative estimate of drug-likeness (QED) is 0.153. The molecule has 0 fully saturated rings. The van der Waals surface area contributed by atoms with E-state index in [0.717, 1.165) is 55.9 Å². The average Bonchev–Trinajstić information content (AvgIpc) is 3.61. The number of rotatable bonds is 7. The van der Waals surface area contributed by atoms with Crippen LogP contribution in [0.15, 0.2) is 212 Å². The molecule has 1 aliphatic rings. The highest BCUT2D eigenvalue weighted by Gasteiger charge is 2.46. The van der Waals surface area contributed by atoms with E-state index in [1.165, 1.54) is 27.8 Å². The second-order valence-corrected chi connectivity index (χ2v) is 14.4. The summed E-state index contributed by atoms with van der Waals surface area (Å²) in [5.41, 5.74) is 16.2. The number of aromatic nitrogens is 2. The van der Waals surface area contributed by atoms with Crippen molar-refractivity contribution >= 4 is 5.69 Å². The van der Waals surface area contributed by atoms with Gasteiger partial charge in [0, 0.05) is 16.7 Å². The number of benzene rings is 8. The van der Waals surface area contributed by atoms with Crippen LogP contribution < -0.4 is 0 Å². The Hall–Kier alpha value is -7.67. The van der Waals surface area contributed by atoms with Gasteiger partial charge in [0.2, 0.25) is 0 Å². The molecule has 0 atom stereocenters. The normalized spacial score (nSPS) is 12.3. The Kier molecular flexibility index (Phi) is 8.43. The first kappa shape index (κ1) is 33.9. The van der Waals surface area contributed by atoms with E-state index in [1.807, 2.05) is 36.4 Å². The molecule has 1 aliphatic carbocycles. The van der Waals surface area contributed by atoms with Crippen molar-refractivity contribution in [3.63, 3.8) is 0 Å². The van der Waals surface area contributed by atoms with E-state index in [2.05, 4.69) is 181 Å². The van der Waals surface area contributed by atoms with Crippen molar-refractivity contribution in [1.82, 2.24) is 9.97 Å². The van der Waals surface area contributed by atoms with Gasteiger partial charge < -0.3 is 0 Å². The number of fused-ring (bicyclic) bond motifs is 3. The van der Waals surface area contributed by atoms with Crippen LogP contribution >= 0.6 is 0 Å². The minimum absolute atomic E-state index is 0.556. The molecule has 0 amide bonds. The Labute approximate surface area is 333 Å². The molecule has 0 bridgehead atoms. The van der Waals surface area contributed by atoms with Crippen LogP contribution in [-0.4, -0.2) is 9.97 Å². The Morgan fingerprint density at radius 3 is 1.37 bits per heavy atom. The largest absolute Gasteiger partial charge is 0.238 e. The summed E-state index contributed by atoms with van der Waals surface area (Å²) in [4.78, 5) is 14.2. The molecule has 0 aliphatic heterocycles. The van der Waals surface area contributed by atoms with Crippen molar-refractivity contribution < 1.29 is 0 Å². The molecule has 3 heteroatoms. The lowest BCUT2D eigenvalue weighted by atomic mass is 9.67. The lowest BCUT2D eigenvalue weighted by molar-refractivity contribution is 0.769. The van der Waals surface area contributed by atoms with Crippen LogP contribution in [-0.2, 0) is 5.41 Å². The standard InChI is InChI=1S/C54H35N3/c1-55-49-24-14-23-48-52(49)46-35-43(33-34-47(46)54(48,44-19-10-4-11-20-44)45-21-12-5-13-22-45)39-27-31-41(32-28-39)51-36-50(56-53(57-51)42-17-8-3-9-18-42)40-29-25-38(26-30-40)37-15-6-2-7-16-37/h2-36H. The molecule has 10 rings (SSSR count). The van der Waals surface area contributed by atoms with Crippen molar-refractivity contribution in [2.45, 2.75) is 5.41 Å². The molecular weight excluding hydrogens is 691 g/mol. The fourth-order valence-electron chi connectivity index (χ4n) is 8.55. The first-order valence-corrected chi connectivity index (χ1v) is 19.2. The van der Waals surface area contributed by atoms with E-state index in [-0.39, 0.29) is 0 Å². The van der Waals surface area contributed by atoms with Crippen LogP contribution in [0.4, 0.5) is 5.69 Å². The topological polar surface area (TPSA) is 30.1 Å². The summed E-state index contributed by atoms with van der Waals surface area (Å²) in [6, 6.07) is 74.3. The minimum atomic E-state index is -0.556. The summed E-state index contributed by atoms with van der Waals surface area (Å²) in [5, 5.41) is 0. The van der Waals surface area contributed by atoms with Crippen molar-refractivity contribution in [3.05, 3.63) is 246 Å². The highest BCUT2D eigenvalue weighted by atomic mass is 14.9. The van der Waals surface area contributed by atoms with Gasteiger partial charge in [-0.3, -0.25) is 0 Å². The number of hydrogen-bond donors (Lipinski definition) is 0. The summed E-state index contributed by atoms with van der Waals surface area (Å²) in [6.07, 6.45) is 0. The van der Waals surface area contributed by atoms with Crippen molar-refractivity contribution in [3.8, 4) is 67.3 Å². The third-order valence-corrected chi connectivity index (χ3v) is 11.2. The molecule has 0 unspecified atom stereocenters. The summed E-state index contributed by atoms with van der Waals surface area (Å²) < 4.78 is 0. The van der Waals surface area contributed by atoms with Crippen LogP contribution in [0.5, 0.6) is 0 Å². The third kappa shape index (κ3) is 5.84. The molecule has 0 spiro atoms. The Balaban J connectivity index is 1.07. The van der Waals surface area contributed by atoms with E-state index in [9.17, 15) is 0 Å². The molecule has 1 aromatic heterocycles. The van der Waals surface area contributed by atoms with Gasteiger partial charge in [0.25, 0.3) is 0 Å². The third-order valence-electron chi connectivity index (χ3n) is 11.2. The number of nitrogens with zero attached hydrogens (tertiary/aromatic N) is 3. The maximum absolute atomic E-state index is 8.22. The minimum Gasteiger partial charge on any atom is -0.238 e. The molecule has 0 saturated carbocycles. The van der Waals surface area contributed by atoms with Gasteiger partial charge in [-0.2, -0.15) is 0 Å². The van der Waals surface area contributed by atoms with Gasteiger partial charge in [0.15, 0.2) is 11.5 Å². The van der Waals surface area contributed by atoms with Crippen molar-refractivity contribution in [2.24, 2.45) is 0 Å². The van der Waals surface area contributed by atoms with Gasteiger partial charge in [-0.25, -0.2) is 14.8 Å². The van der Waals surface area contributed by atoms with Gasteiger partial charge in [-0.1, -0.05) is 200 Å². The number of hydrogen-bond acceptors (Lipinski definition) is 2. The van der Waals surface area contributed by atoms with Gasteiger partial charge in [-0.05, 0) is 67.8 Å². The second kappa shape index (κ2) is 14.2. The van der Waals surface area contributed by atoms with Crippen LogP contribution in [0.25, 0.3) is 72.1 Å². The van der Waals surface area contributed by atoms with E-state index in [0.29, 0.717) is 11.5 Å². The van der Waals surface area contributed by atoms with Crippen LogP contribution in [0, 0.1) is 6.57 Å². The monoisotopic (exact) mass is 725 g/mol. The van der Waals surface area contributed by atoms with E-state index >= 15 is 0 Å². The second-order valence-electron chi connectivity index (χ2n) is 14.4. The Bertz CT molecular complexity index is 2880. The summed E-state index contributed by atoms with van der Waals surface area (Å²) in [6.45, 7) is 8.22. The molecule has 3 nitrogen and oxygen atoms in total. The Morgan fingerprint density at radius 1 is 0.368 bits per heavy atom. The summed E-state index contributed by atoms with van der Waals surface area (Å²) in [7, 11) is 0. The summed E-state index contributed by atoms with van der Waals surface area (Å²) >= 11 is 0. The molecule has 57 heavy (non-hydrogen) atoms. The van der Waals surface area contributed by atoms with Gasteiger partial charge in [0.05, 0.1) is 23.4 Å². The lowest BCUT2D eigenvalue weighted by Gasteiger charge is -2.34. The molecule has 0 radical (unpaired) electrons. The average molecular weight is 726 g/mol. The Morgan fingerprint density at radius 2 is 0.825 bits per heavy atom. The van der Waals surface area contributed by atoms with Gasteiger partial charge in [-0.15, -0.1) is 0 Å². The van der Waals surface area contributed by atoms with Crippen LogP contribution in [0.3, 0.4) is 0 Å². The van der Waals surface area contributed by atoms with Crippen molar-refractivity contribution in [2.75, 3.05) is 0 Å². The SMILES string of the molecule is [C-]#[N+]c1cccc2c1-c1cc(-c3ccc(-c4cc(-c5ccc(-c6ccccc6)cc5)nc(-c5ccccc5)n4)cc3)ccc1C2(c1ccccc1)c1ccccc1. The molecular formula is C54H35N3. The molecule has 0 N–H and O–H groups in total. The van der Waals surface area contributed by atoms with E-state index in [1.54, 1.807) is 0 Å². The predicted octanol–water partition coefficient (Wildman–Crippen LogP) is 13.7. The highest BCUT2D eigenvalue weighted by molar-refractivity contribution is 5.95. The lowest BCUT2D eigenvalue weighted by Crippen LogP contribution is -2.28.